The van der Waals surface area contributed by atoms with Crippen molar-refractivity contribution in [3.8, 4) is 5.75 Å². The zero-order valence-corrected chi connectivity index (χ0v) is 15.2. The van der Waals surface area contributed by atoms with Gasteiger partial charge in [0, 0.05) is 39.6 Å². The number of para-hydroxylation sites is 1. The van der Waals surface area contributed by atoms with E-state index in [4.69, 9.17) is 14.2 Å². The first-order valence-corrected chi connectivity index (χ1v) is 7.08. The topological polar surface area (TPSA) is 61.8 Å². The Bertz CT molecular complexity index is 559. The quantitative estimate of drug-likeness (QED) is 0.458. The Kier molecular flexibility index (Phi) is 6.12. The maximum atomic E-state index is 12.3. The number of benzene rings is 1. The smallest absolute Gasteiger partial charge is 0.342 e. The predicted molar refractivity (Wildman–Crippen MR) is 73.7 cm³/mol. The molecule has 1 saturated carbocycles. The van der Waals surface area contributed by atoms with Gasteiger partial charge in [0.1, 0.15) is 17.4 Å². The molecule has 1 radical (unpaired) electrons. The first-order chi connectivity index (χ1) is 10.1. The van der Waals surface area contributed by atoms with E-state index in [9.17, 15) is 9.59 Å². The van der Waals surface area contributed by atoms with Gasteiger partial charge in [0.05, 0.1) is 6.10 Å². The van der Waals surface area contributed by atoms with Crippen LogP contribution in [0.4, 0.5) is 0 Å². The molecule has 1 aromatic rings. The average Bonchev–Trinajstić information content (AvgIpc) is 3.03. The number of ether oxygens (including phenoxy) is 3. The molecule has 1 aliphatic carbocycles. The van der Waals surface area contributed by atoms with E-state index in [0.29, 0.717) is 12.5 Å². The molecule has 0 N–H and O–H groups in total. The largest absolute Gasteiger partial charge is 0.456 e. The van der Waals surface area contributed by atoms with Crippen molar-refractivity contribution >= 4 is 11.9 Å². The first-order valence-electron chi connectivity index (χ1n) is 7.08. The molecule has 2 fully saturated rings. The Labute approximate surface area is 154 Å². The van der Waals surface area contributed by atoms with Gasteiger partial charge in [-0.25, -0.2) is 4.79 Å². The predicted octanol–water partition coefficient (Wildman–Crippen LogP) is 2.15. The second-order valence-electron chi connectivity index (χ2n) is 5.31. The van der Waals surface area contributed by atoms with Crippen LogP contribution in [0.2, 0.25) is 0 Å². The molecular weight excluding hydrogens is 361 g/mol. The minimum atomic E-state index is -0.479. The third-order valence-corrected chi connectivity index (χ3v) is 3.88. The Balaban J connectivity index is 0.00000176. The standard InChI is InChI=1S/C16H17O5.Y/c1-10(17)20-13-5-3-2-4-12(13)16(18)21-14-7-6-11-8-9-19-15(11)14;/h2-5,8,11,14-15H,6-7,9H2,1H3;/q-1;/t11-,14?,15+;/m1./s1. The van der Waals surface area contributed by atoms with E-state index in [1.165, 1.54) is 6.92 Å². The van der Waals surface area contributed by atoms with Gasteiger partial charge < -0.3 is 14.2 Å². The van der Waals surface area contributed by atoms with Crippen molar-refractivity contribution in [2.24, 2.45) is 5.92 Å². The molecule has 1 unspecified atom stereocenters. The van der Waals surface area contributed by atoms with Gasteiger partial charge in [-0.05, 0) is 18.6 Å². The van der Waals surface area contributed by atoms with Gasteiger partial charge in [-0.15, -0.1) is 5.92 Å². The molecule has 0 aromatic heterocycles. The van der Waals surface area contributed by atoms with Crippen LogP contribution in [0.25, 0.3) is 0 Å². The summed E-state index contributed by atoms with van der Waals surface area (Å²) in [4.78, 5) is 23.4. The monoisotopic (exact) mass is 378 g/mol. The Morgan fingerprint density at radius 3 is 2.82 bits per heavy atom. The van der Waals surface area contributed by atoms with Crippen molar-refractivity contribution in [2.75, 3.05) is 6.61 Å². The molecule has 1 aromatic carbocycles. The SMILES string of the molecule is CC(=O)Oc1ccccc1C(=O)OC1CC[C@@H]2[CH-]CO[C@H]12.[Y]. The minimum Gasteiger partial charge on any atom is -0.456 e. The third-order valence-electron chi connectivity index (χ3n) is 3.88. The number of hydrogen-bond acceptors (Lipinski definition) is 5. The van der Waals surface area contributed by atoms with E-state index < -0.39 is 11.9 Å². The molecule has 22 heavy (non-hydrogen) atoms. The number of carbonyl (C=O) groups excluding carboxylic acids is 2. The summed E-state index contributed by atoms with van der Waals surface area (Å²) in [6.07, 6.45) is 3.65. The molecule has 3 rings (SSSR count). The zero-order valence-electron chi connectivity index (χ0n) is 12.4. The molecule has 0 bridgehead atoms. The van der Waals surface area contributed by atoms with Crippen LogP contribution in [0.5, 0.6) is 5.75 Å². The molecule has 0 spiro atoms. The molecule has 5 nitrogen and oxygen atoms in total. The molecule has 1 aliphatic heterocycles. The van der Waals surface area contributed by atoms with Crippen LogP contribution in [0.3, 0.4) is 0 Å². The van der Waals surface area contributed by atoms with E-state index in [1.807, 2.05) is 0 Å². The Morgan fingerprint density at radius 2 is 2.05 bits per heavy atom. The Morgan fingerprint density at radius 1 is 1.27 bits per heavy atom. The normalized spacial score (nSPS) is 26.0. The van der Waals surface area contributed by atoms with E-state index >= 15 is 0 Å². The summed E-state index contributed by atoms with van der Waals surface area (Å²) in [7, 11) is 0. The molecule has 0 amide bonds. The third kappa shape index (κ3) is 3.76. The number of esters is 2. The molecule has 6 heteroatoms. The summed E-state index contributed by atoms with van der Waals surface area (Å²) in [5.41, 5.74) is 0.262. The van der Waals surface area contributed by atoms with E-state index in [2.05, 4.69) is 6.42 Å². The van der Waals surface area contributed by atoms with Crippen LogP contribution in [-0.2, 0) is 47.0 Å². The van der Waals surface area contributed by atoms with Crippen molar-refractivity contribution in [2.45, 2.75) is 32.0 Å². The fourth-order valence-corrected chi connectivity index (χ4v) is 2.94. The van der Waals surface area contributed by atoms with E-state index in [-0.39, 0.29) is 56.2 Å². The van der Waals surface area contributed by atoms with Crippen molar-refractivity contribution in [1.82, 2.24) is 0 Å². The van der Waals surface area contributed by atoms with Gasteiger partial charge >= 0.3 is 11.9 Å². The van der Waals surface area contributed by atoms with Gasteiger partial charge in [0.2, 0.25) is 0 Å². The van der Waals surface area contributed by atoms with Gasteiger partial charge in [-0.2, -0.15) is 0 Å². The first kappa shape index (κ1) is 17.6. The van der Waals surface area contributed by atoms with Gasteiger partial charge in [-0.1, -0.05) is 25.2 Å². The number of hydrogen-bond donors (Lipinski definition) is 0. The van der Waals surface area contributed by atoms with Crippen LogP contribution < -0.4 is 4.74 Å². The summed E-state index contributed by atoms with van der Waals surface area (Å²) < 4.78 is 16.2. The molecule has 3 atom stereocenters. The van der Waals surface area contributed by atoms with E-state index in [1.54, 1.807) is 24.3 Å². The molecule has 2 aliphatic rings. The fourth-order valence-electron chi connectivity index (χ4n) is 2.94. The molecular formula is C16H17O5Y-. The minimum absolute atomic E-state index is 0. The summed E-state index contributed by atoms with van der Waals surface area (Å²) in [6.45, 7) is 1.92. The zero-order chi connectivity index (χ0) is 14.8. The van der Waals surface area contributed by atoms with Crippen molar-refractivity contribution in [1.29, 1.82) is 0 Å². The number of rotatable bonds is 3. The summed E-state index contributed by atoms with van der Waals surface area (Å²) in [5.74, 6) is -0.340. The molecule has 1 saturated heterocycles. The maximum absolute atomic E-state index is 12.3. The number of fused-ring (bicyclic) bond motifs is 1. The van der Waals surface area contributed by atoms with Crippen LogP contribution >= 0.6 is 0 Å². The molecule has 1 heterocycles. The van der Waals surface area contributed by atoms with Gasteiger partial charge in [0.25, 0.3) is 0 Å². The van der Waals surface area contributed by atoms with Crippen molar-refractivity contribution < 1.29 is 56.5 Å². The summed E-state index contributed by atoms with van der Waals surface area (Å²) in [5, 5.41) is 0. The fraction of sp³-hybridized carbons (Fsp3) is 0.438. The van der Waals surface area contributed by atoms with Crippen LogP contribution in [0.15, 0.2) is 24.3 Å². The van der Waals surface area contributed by atoms with Crippen molar-refractivity contribution in [3.05, 3.63) is 36.2 Å². The van der Waals surface area contributed by atoms with Crippen molar-refractivity contribution in [3.63, 3.8) is 0 Å². The second kappa shape index (κ2) is 7.67. The van der Waals surface area contributed by atoms with E-state index in [0.717, 1.165) is 12.8 Å². The summed E-state index contributed by atoms with van der Waals surface area (Å²) >= 11 is 0. The van der Waals surface area contributed by atoms with Crippen LogP contribution in [0, 0.1) is 12.3 Å². The summed E-state index contributed by atoms with van der Waals surface area (Å²) in [6, 6.07) is 6.58. The maximum Gasteiger partial charge on any atom is 0.342 e. The second-order valence-corrected chi connectivity index (χ2v) is 5.31. The van der Waals surface area contributed by atoms with Crippen LogP contribution in [-0.4, -0.2) is 30.8 Å². The van der Waals surface area contributed by atoms with Gasteiger partial charge in [0.15, 0.2) is 0 Å². The Hall–Kier alpha value is -0.776. The number of carbonyl (C=O) groups is 2. The van der Waals surface area contributed by atoms with Crippen LogP contribution in [0.1, 0.15) is 30.1 Å². The van der Waals surface area contributed by atoms with Gasteiger partial charge in [-0.3, -0.25) is 11.2 Å². The molecule has 115 valence electrons. The average molecular weight is 378 g/mol.